The van der Waals surface area contributed by atoms with Crippen LogP contribution in [0.1, 0.15) is 76.9 Å². The molecule has 2 fully saturated rings. The first-order valence-electron chi connectivity index (χ1n) is 13.6. The molecule has 37 heavy (non-hydrogen) atoms. The van der Waals surface area contributed by atoms with Crippen LogP contribution < -0.4 is 5.32 Å². The summed E-state index contributed by atoms with van der Waals surface area (Å²) in [6, 6.07) is 13.9. The number of fused-ring (bicyclic) bond motifs is 4. The summed E-state index contributed by atoms with van der Waals surface area (Å²) >= 11 is 0. The number of hydrogen-bond donors (Lipinski definition) is 3. The molecule has 0 aromatic heterocycles. The second-order valence-corrected chi connectivity index (χ2v) is 12.1. The molecule has 4 heterocycles. The van der Waals surface area contributed by atoms with E-state index in [4.69, 9.17) is 0 Å². The average Bonchev–Trinajstić information content (AvgIpc) is 3.16. The van der Waals surface area contributed by atoms with Gasteiger partial charge in [-0.25, -0.2) is 0 Å². The highest BCUT2D eigenvalue weighted by molar-refractivity contribution is 6.00. The Labute approximate surface area is 218 Å². The zero-order valence-corrected chi connectivity index (χ0v) is 21.7. The molecular weight excluding hydrogens is 466 g/mol. The van der Waals surface area contributed by atoms with Gasteiger partial charge in [-0.3, -0.25) is 9.59 Å². The molecule has 2 saturated heterocycles. The molecule has 4 aliphatic rings. The number of carbonyl (C=O) groups excluding carboxylic acids is 2. The number of carbonyl (C=O) groups is 2. The molecule has 0 spiro atoms. The van der Waals surface area contributed by atoms with Crippen molar-refractivity contribution in [2.24, 2.45) is 0 Å². The molecule has 0 unspecified atom stereocenters. The molecule has 2 amide bonds. The summed E-state index contributed by atoms with van der Waals surface area (Å²) in [5.41, 5.74) is 4.26. The van der Waals surface area contributed by atoms with Crippen molar-refractivity contribution < 1.29 is 19.8 Å². The topological polar surface area (TPSA) is 93.1 Å². The smallest absolute Gasteiger partial charge is 0.254 e. The van der Waals surface area contributed by atoms with Gasteiger partial charge in [-0.1, -0.05) is 38.1 Å². The fraction of sp³-hybridized carbons (Fsp3) is 0.533. The van der Waals surface area contributed by atoms with E-state index >= 15 is 0 Å². The van der Waals surface area contributed by atoms with Gasteiger partial charge in [-0.2, -0.15) is 0 Å². The Bertz CT molecular complexity index is 1210. The summed E-state index contributed by atoms with van der Waals surface area (Å²) in [5, 5.41) is 24.7. The number of aliphatic hydroxyl groups is 2. The van der Waals surface area contributed by atoms with Crippen LogP contribution in [0, 0.1) is 0 Å². The van der Waals surface area contributed by atoms with E-state index in [2.05, 4.69) is 31.3 Å². The van der Waals surface area contributed by atoms with E-state index < -0.39 is 6.10 Å². The largest absolute Gasteiger partial charge is 0.393 e. The summed E-state index contributed by atoms with van der Waals surface area (Å²) in [5.74, 6) is -0.0864. The molecule has 0 saturated carbocycles. The number of piperidine rings is 1. The van der Waals surface area contributed by atoms with Gasteiger partial charge in [0.05, 0.1) is 12.2 Å². The Kier molecular flexibility index (Phi) is 6.13. The van der Waals surface area contributed by atoms with E-state index in [1.807, 2.05) is 23.1 Å². The lowest BCUT2D eigenvalue weighted by molar-refractivity contribution is 0.0286. The highest BCUT2D eigenvalue weighted by atomic mass is 16.3. The Balaban J connectivity index is 1.19. The van der Waals surface area contributed by atoms with Gasteiger partial charge in [0, 0.05) is 54.3 Å². The van der Waals surface area contributed by atoms with Gasteiger partial charge < -0.3 is 25.3 Å². The highest BCUT2D eigenvalue weighted by Gasteiger charge is 2.44. The van der Waals surface area contributed by atoms with Gasteiger partial charge in [0.25, 0.3) is 11.8 Å². The second-order valence-electron chi connectivity index (χ2n) is 12.1. The first-order chi connectivity index (χ1) is 17.7. The zero-order chi connectivity index (χ0) is 25.9. The van der Waals surface area contributed by atoms with E-state index in [1.54, 1.807) is 17.0 Å². The third-order valence-electron chi connectivity index (χ3n) is 9.03. The van der Waals surface area contributed by atoms with Gasteiger partial charge in [0.1, 0.15) is 0 Å². The maximum atomic E-state index is 13.5. The Morgan fingerprint density at radius 3 is 2.54 bits per heavy atom. The van der Waals surface area contributed by atoms with Crippen molar-refractivity contribution >= 4 is 11.8 Å². The SMILES string of the molecule is CC1(C)CN(C[C@H](O)[C@@H]2Cc3ccccc3CN2)C(=O)c2ccc(C(=O)N3[C@@H]4CC[C@H]3C[C@H](O)C4)cc21. The van der Waals surface area contributed by atoms with Crippen molar-refractivity contribution in [2.45, 2.75) is 88.2 Å². The number of nitrogens with one attached hydrogen (secondary N) is 1. The minimum atomic E-state index is -0.680. The minimum absolute atomic E-state index is 0.00644. The molecule has 7 heteroatoms. The standard InChI is InChI=1S/C30H37N3O4/c1-30(2)17-32(16-27(35)26-12-18-5-3-4-6-20(18)15-31-26)29(37)24-10-7-19(11-25(24)30)28(36)33-21-8-9-22(33)14-23(34)13-21/h3-7,10-11,21-23,26-27,31,34-35H,8-9,12-17H2,1-2H3/t21-,22+,23-,26-,27-/m0/s1. The molecule has 2 aromatic carbocycles. The minimum Gasteiger partial charge on any atom is -0.393 e. The molecule has 4 aliphatic heterocycles. The zero-order valence-electron chi connectivity index (χ0n) is 21.7. The lowest BCUT2D eigenvalue weighted by atomic mass is 9.77. The van der Waals surface area contributed by atoms with Gasteiger partial charge in [-0.15, -0.1) is 0 Å². The number of rotatable bonds is 4. The Morgan fingerprint density at radius 1 is 1.11 bits per heavy atom. The molecule has 3 N–H and O–H groups in total. The number of amides is 2. The summed E-state index contributed by atoms with van der Waals surface area (Å²) in [6.45, 7) is 5.66. The molecule has 0 aliphatic carbocycles. The van der Waals surface area contributed by atoms with E-state index in [1.165, 1.54) is 11.1 Å². The second kappa shape index (κ2) is 9.22. The van der Waals surface area contributed by atoms with Gasteiger partial charge >= 0.3 is 0 Å². The van der Waals surface area contributed by atoms with Crippen molar-refractivity contribution in [1.29, 1.82) is 0 Å². The van der Waals surface area contributed by atoms with Crippen molar-refractivity contribution in [3.8, 4) is 0 Å². The molecule has 0 radical (unpaired) electrons. The lowest BCUT2D eigenvalue weighted by Gasteiger charge is -2.42. The van der Waals surface area contributed by atoms with Crippen LogP contribution in [0.4, 0.5) is 0 Å². The molecule has 196 valence electrons. The first-order valence-corrected chi connectivity index (χ1v) is 13.6. The quantitative estimate of drug-likeness (QED) is 0.597. The van der Waals surface area contributed by atoms with E-state index in [9.17, 15) is 19.8 Å². The van der Waals surface area contributed by atoms with Crippen LogP contribution in [0.25, 0.3) is 0 Å². The van der Waals surface area contributed by atoms with Crippen LogP contribution >= 0.6 is 0 Å². The van der Waals surface area contributed by atoms with Crippen LogP contribution in [0.15, 0.2) is 42.5 Å². The van der Waals surface area contributed by atoms with Crippen LogP contribution in [0.5, 0.6) is 0 Å². The van der Waals surface area contributed by atoms with Crippen molar-refractivity contribution in [3.05, 3.63) is 70.3 Å². The summed E-state index contributed by atoms with van der Waals surface area (Å²) in [4.78, 5) is 30.8. The van der Waals surface area contributed by atoms with Crippen LogP contribution in [-0.2, 0) is 18.4 Å². The van der Waals surface area contributed by atoms with Gasteiger partial charge in [0.15, 0.2) is 0 Å². The average molecular weight is 504 g/mol. The van der Waals surface area contributed by atoms with E-state index in [-0.39, 0.29) is 48.0 Å². The highest BCUT2D eigenvalue weighted by Crippen LogP contribution is 2.39. The monoisotopic (exact) mass is 503 g/mol. The molecular formula is C30H37N3O4. The van der Waals surface area contributed by atoms with Crippen LogP contribution in [-0.4, -0.2) is 75.3 Å². The number of nitrogens with zero attached hydrogens (tertiary/aromatic N) is 2. The van der Waals surface area contributed by atoms with E-state index in [0.717, 1.165) is 24.8 Å². The molecule has 5 atom stereocenters. The third kappa shape index (κ3) is 4.37. The third-order valence-corrected chi connectivity index (χ3v) is 9.03. The van der Waals surface area contributed by atoms with Crippen molar-refractivity contribution in [1.82, 2.24) is 15.1 Å². The van der Waals surface area contributed by atoms with Crippen LogP contribution in [0.3, 0.4) is 0 Å². The Morgan fingerprint density at radius 2 is 1.81 bits per heavy atom. The van der Waals surface area contributed by atoms with Gasteiger partial charge in [0.2, 0.25) is 0 Å². The number of aliphatic hydroxyl groups excluding tert-OH is 2. The Hall–Kier alpha value is -2.74. The summed E-state index contributed by atoms with van der Waals surface area (Å²) < 4.78 is 0. The van der Waals surface area contributed by atoms with Crippen molar-refractivity contribution in [2.75, 3.05) is 13.1 Å². The molecule has 2 bridgehead atoms. The number of benzene rings is 2. The molecule has 6 rings (SSSR count). The van der Waals surface area contributed by atoms with Crippen LogP contribution in [0.2, 0.25) is 0 Å². The summed E-state index contributed by atoms with van der Waals surface area (Å²) in [6.07, 6.45) is 2.93. The normalized spacial score (nSPS) is 29.0. The first kappa shape index (κ1) is 24.6. The predicted molar refractivity (Wildman–Crippen MR) is 140 cm³/mol. The molecule has 2 aromatic rings. The fourth-order valence-electron chi connectivity index (χ4n) is 7.11. The number of β-amino-alcohol motifs (C(OH)–C–C–N with tert-alkyl or cyclic N) is 1. The summed E-state index contributed by atoms with van der Waals surface area (Å²) in [7, 11) is 0. The maximum Gasteiger partial charge on any atom is 0.254 e. The number of hydrogen-bond acceptors (Lipinski definition) is 5. The van der Waals surface area contributed by atoms with E-state index in [0.29, 0.717) is 37.1 Å². The van der Waals surface area contributed by atoms with Gasteiger partial charge in [-0.05, 0) is 67.0 Å². The fourth-order valence-corrected chi connectivity index (χ4v) is 7.11. The maximum absolute atomic E-state index is 13.5. The van der Waals surface area contributed by atoms with Crippen molar-refractivity contribution in [3.63, 3.8) is 0 Å². The predicted octanol–water partition coefficient (Wildman–Crippen LogP) is 2.62. The lowest BCUT2D eigenvalue weighted by Crippen LogP contribution is -2.54. The molecule has 7 nitrogen and oxygen atoms in total.